The van der Waals surface area contributed by atoms with Crippen LogP contribution in [0, 0.1) is 12.8 Å². The van der Waals surface area contributed by atoms with Gasteiger partial charge in [0.1, 0.15) is 11.3 Å². The minimum atomic E-state index is 0.457. The van der Waals surface area contributed by atoms with Gasteiger partial charge in [-0.15, -0.1) is 11.6 Å². The fourth-order valence-corrected chi connectivity index (χ4v) is 3.47. The summed E-state index contributed by atoms with van der Waals surface area (Å²) in [6.45, 7) is 4.42. The van der Waals surface area contributed by atoms with E-state index < -0.39 is 0 Å². The van der Waals surface area contributed by atoms with Crippen LogP contribution in [0.15, 0.2) is 12.3 Å². The first-order valence-corrected chi connectivity index (χ1v) is 7.64. The standard InChI is InChI=1S/C15H20ClN3/c1-10-5-3-4-6-12(10)19-13(9-16)18-14-11(2)7-8-17-15(14)19/h7-8,10,12H,3-6,9H2,1-2H3. The van der Waals surface area contributed by atoms with Gasteiger partial charge in [0.2, 0.25) is 0 Å². The predicted octanol–water partition coefficient (Wildman–Crippen LogP) is 4.23. The van der Waals surface area contributed by atoms with Crippen molar-refractivity contribution in [2.45, 2.75) is 51.5 Å². The molecule has 3 nitrogen and oxygen atoms in total. The lowest BCUT2D eigenvalue weighted by Crippen LogP contribution is -2.22. The largest absolute Gasteiger partial charge is 0.308 e. The lowest BCUT2D eigenvalue weighted by molar-refractivity contribution is 0.258. The molecule has 3 rings (SSSR count). The first-order chi connectivity index (χ1) is 9.22. The van der Waals surface area contributed by atoms with Gasteiger partial charge in [0.25, 0.3) is 0 Å². The van der Waals surface area contributed by atoms with E-state index in [0.717, 1.165) is 17.0 Å². The number of halogens is 1. The molecule has 0 aromatic carbocycles. The van der Waals surface area contributed by atoms with E-state index >= 15 is 0 Å². The Bertz CT molecular complexity index is 590. The van der Waals surface area contributed by atoms with Crippen LogP contribution in [-0.2, 0) is 5.88 Å². The Morgan fingerprint density at radius 3 is 2.89 bits per heavy atom. The van der Waals surface area contributed by atoms with Crippen LogP contribution >= 0.6 is 11.6 Å². The second-order valence-corrected chi connectivity index (χ2v) is 5.93. The third kappa shape index (κ3) is 2.14. The number of aryl methyl sites for hydroxylation is 1. The SMILES string of the molecule is Cc1ccnc2c1nc(CCl)n2C1CCCCC1C. The third-order valence-corrected chi connectivity index (χ3v) is 4.61. The van der Waals surface area contributed by atoms with Crippen LogP contribution < -0.4 is 0 Å². The summed E-state index contributed by atoms with van der Waals surface area (Å²) < 4.78 is 2.30. The average molecular weight is 278 g/mol. The first-order valence-electron chi connectivity index (χ1n) is 7.10. The monoisotopic (exact) mass is 277 g/mol. The Morgan fingerprint density at radius 1 is 1.37 bits per heavy atom. The van der Waals surface area contributed by atoms with Crippen LogP contribution in [0.25, 0.3) is 11.2 Å². The normalized spacial score (nSPS) is 23.9. The second-order valence-electron chi connectivity index (χ2n) is 5.66. The molecular weight excluding hydrogens is 258 g/mol. The van der Waals surface area contributed by atoms with Crippen LogP contribution in [0.5, 0.6) is 0 Å². The van der Waals surface area contributed by atoms with Crippen molar-refractivity contribution in [3.8, 4) is 0 Å². The summed E-state index contributed by atoms with van der Waals surface area (Å²) >= 11 is 6.11. The zero-order chi connectivity index (χ0) is 13.4. The molecule has 0 saturated heterocycles. The molecule has 1 saturated carbocycles. The van der Waals surface area contributed by atoms with Crippen LogP contribution in [0.3, 0.4) is 0 Å². The Morgan fingerprint density at radius 2 is 2.16 bits per heavy atom. The van der Waals surface area contributed by atoms with Gasteiger partial charge >= 0.3 is 0 Å². The van der Waals surface area contributed by atoms with Gasteiger partial charge < -0.3 is 4.57 Å². The van der Waals surface area contributed by atoms with Gasteiger partial charge in [-0.05, 0) is 37.3 Å². The highest BCUT2D eigenvalue weighted by Gasteiger charge is 2.27. The second kappa shape index (κ2) is 5.12. The molecule has 4 heteroatoms. The molecule has 0 aliphatic heterocycles. The van der Waals surface area contributed by atoms with E-state index in [0.29, 0.717) is 17.8 Å². The van der Waals surface area contributed by atoms with Crippen molar-refractivity contribution in [1.29, 1.82) is 0 Å². The molecular formula is C15H20ClN3. The van der Waals surface area contributed by atoms with Gasteiger partial charge in [0.15, 0.2) is 5.65 Å². The van der Waals surface area contributed by atoms with Gasteiger partial charge in [-0.25, -0.2) is 9.97 Å². The predicted molar refractivity (Wildman–Crippen MR) is 78.5 cm³/mol. The van der Waals surface area contributed by atoms with Crippen LogP contribution in [0.2, 0.25) is 0 Å². The maximum absolute atomic E-state index is 6.11. The van der Waals surface area contributed by atoms with Gasteiger partial charge in [-0.3, -0.25) is 0 Å². The van der Waals surface area contributed by atoms with E-state index in [2.05, 4.69) is 23.4 Å². The fourth-order valence-electron chi connectivity index (χ4n) is 3.28. The van der Waals surface area contributed by atoms with Crippen molar-refractivity contribution in [2.24, 2.45) is 5.92 Å². The summed E-state index contributed by atoms with van der Waals surface area (Å²) in [4.78, 5) is 9.27. The number of aromatic nitrogens is 3. The molecule has 0 radical (unpaired) electrons. The minimum absolute atomic E-state index is 0.457. The summed E-state index contributed by atoms with van der Waals surface area (Å²) in [5.41, 5.74) is 3.20. The number of nitrogens with zero attached hydrogens (tertiary/aromatic N) is 3. The Balaban J connectivity index is 2.18. The Kier molecular flexibility index (Phi) is 3.48. The molecule has 1 aliphatic rings. The number of hydrogen-bond acceptors (Lipinski definition) is 2. The fraction of sp³-hybridized carbons (Fsp3) is 0.600. The smallest absolute Gasteiger partial charge is 0.160 e. The lowest BCUT2D eigenvalue weighted by atomic mass is 9.85. The highest BCUT2D eigenvalue weighted by atomic mass is 35.5. The third-order valence-electron chi connectivity index (χ3n) is 4.37. The van der Waals surface area contributed by atoms with Gasteiger partial charge in [-0.2, -0.15) is 0 Å². The molecule has 2 heterocycles. The first kappa shape index (κ1) is 12.9. The zero-order valence-corrected chi connectivity index (χ0v) is 12.3. The van der Waals surface area contributed by atoms with Crippen LogP contribution in [0.1, 0.15) is 50.0 Å². The Hall–Kier alpha value is -1.09. The van der Waals surface area contributed by atoms with E-state index in [1.54, 1.807) is 0 Å². The molecule has 19 heavy (non-hydrogen) atoms. The molecule has 1 fully saturated rings. The quantitative estimate of drug-likeness (QED) is 0.769. The number of imidazole rings is 1. The van der Waals surface area contributed by atoms with Gasteiger partial charge in [-0.1, -0.05) is 19.8 Å². The Labute approximate surface area is 119 Å². The highest BCUT2D eigenvalue weighted by Crippen LogP contribution is 2.36. The molecule has 0 N–H and O–H groups in total. The molecule has 2 unspecified atom stereocenters. The number of fused-ring (bicyclic) bond motifs is 1. The maximum atomic E-state index is 6.11. The maximum Gasteiger partial charge on any atom is 0.160 e. The van der Waals surface area contributed by atoms with Crippen molar-refractivity contribution in [1.82, 2.24) is 14.5 Å². The van der Waals surface area contributed by atoms with E-state index in [4.69, 9.17) is 16.6 Å². The number of rotatable bonds is 2. The summed E-state index contributed by atoms with van der Waals surface area (Å²) in [6, 6.07) is 2.52. The molecule has 2 aromatic rings. The molecule has 1 aliphatic carbocycles. The van der Waals surface area contributed by atoms with Crippen molar-refractivity contribution >= 4 is 22.8 Å². The summed E-state index contributed by atoms with van der Waals surface area (Å²) in [5, 5.41) is 0. The zero-order valence-electron chi connectivity index (χ0n) is 11.6. The lowest BCUT2D eigenvalue weighted by Gasteiger charge is -2.31. The minimum Gasteiger partial charge on any atom is -0.308 e. The summed E-state index contributed by atoms with van der Waals surface area (Å²) in [7, 11) is 0. The van der Waals surface area contributed by atoms with Crippen molar-refractivity contribution in [3.05, 3.63) is 23.7 Å². The van der Waals surface area contributed by atoms with E-state index in [9.17, 15) is 0 Å². The van der Waals surface area contributed by atoms with E-state index in [1.807, 2.05) is 12.3 Å². The molecule has 0 spiro atoms. The van der Waals surface area contributed by atoms with Crippen molar-refractivity contribution in [2.75, 3.05) is 0 Å². The van der Waals surface area contributed by atoms with Crippen molar-refractivity contribution < 1.29 is 0 Å². The van der Waals surface area contributed by atoms with Crippen molar-refractivity contribution in [3.63, 3.8) is 0 Å². The average Bonchev–Trinajstić information content (AvgIpc) is 2.79. The number of hydrogen-bond donors (Lipinski definition) is 0. The number of alkyl halides is 1. The van der Waals surface area contributed by atoms with Crippen LogP contribution in [-0.4, -0.2) is 14.5 Å². The van der Waals surface area contributed by atoms with Crippen LogP contribution in [0.4, 0.5) is 0 Å². The molecule has 0 amide bonds. The summed E-state index contributed by atoms with van der Waals surface area (Å²) in [6.07, 6.45) is 7.01. The highest BCUT2D eigenvalue weighted by molar-refractivity contribution is 6.16. The number of pyridine rings is 1. The molecule has 2 aromatic heterocycles. The topological polar surface area (TPSA) is 30.7 Å². The van der Waals surface area contributed by atoms with Gasteiger partial charge in [0.05, 0.1) is 5.88 Å². The molecule has 2 atom stereocenters. The van der Waals surface area contributed by atoms with E-state index in [-0.39, 0.29) is 0 Å². The van der Waals surface area contributed by atoms with E-state index in [1.165, 1.54) is 31.2 Å². The molecule has 102 valence electrons. The molecule has 0 bridgehead atoms. The van der Waals surface area contributed by atoms with Gasteiger partial charge in [0, 0.05) is 12.2 Å². The summed E-state index contributed by atoms with van der Waals surface area (Å²) in [5.74, 6) is 2.10.